The van der Waals surface area contributed by atoms with Crippen LogP contribution < -0.4 is 56.7 Å². The second-order valence-electron chi connectivity index (χ2n) is 5.85. The molecule has 0 aromatic heterocycles. The molecule has 0 amide bonds. The van der Waals surface area contributed by atoms with E-state index in [1.54, 1.807) is 7.11 Å². The first-order valence-electron chi connectivity index (χ1n) is 7.23. The fourth-order valence-corrected chi connectivity index (χ4v) is 2.03. The molecule has 0 fully saturated rings. The molecule has 0 aliphatic heterocycles. The third kappa shape index (κ3) is 9.74. The van der Waals surface area contributed by atoms with Crippen molar-refractivity contribution in [2.75, 3.05) is 25.6 Å². The SMILES string of the molecule is C[CH-]c1cccc(CC(=O)OC(C)(C)C)c1NCCOC.[CH3-].[K+]. The van der Waals surface area contributed by atoms with Crippen LogP contribution in [0.15, 0.2) is 18.2 Å². The van der Waals surface area contributed by atoms with Gasteiger partial charge in [0.2, 0.25) is 0 Å². The van der Waals surface area contributed by atoms with Gasteiger partial charge in [-0.25, -0.2) is 0 Å². The number of hydrogen-bond acceptors (Lipinski definition) is 4. The van der Waals surface area contributed by atoms with Crippen LogP contribution in [0, 0.1) is 13.8 Å². The largest absolute Gasteiger partial charge is 1.00 e. The van der Waals surface area contributed by atoms with Gasteiger partial charge in [-0.2, -0.15) is 18.1 Å². The fourth-order valence-electron chi connectivity index (χ4n) is 2.03. The molecule has 1 aromatic rings. The van der Waals surface area contributed by atoms with E-state index in [4.69, 9.17) is 9.47 Å². The Morgan fingerprint density at radius 3 is 2.48 bits per heavy atom. The zero-order valence-electron chi connectivity index (χ0n) is 15.7. The van der Waals surface area contributed by atoms with Gasteiger partial charge in [0.05, 0.1) is 13.0 Å². The first kappa shape index (κ1) is 25.2. The first-order valence-corrected chi connectivity index (χ1v) is 7.23. The number of esters is 1. The van der Waals surface area contributed by atoms with Gasteiger partial charge in [0.15, 0.2) is 0 Å². The van der Waals surface area contributed by atoms with E-state index in [1.807, 2.05) is 52.3 Å². The van der Waals surface area contributed by atoms with E-state index in [9.17, 15) is 4.79 Å². The third-order valence-electron chi connectivity index (χ3n) is 2.86. The minimum absolute atomic E-state index is 0. The average molecular weight is 347 g/mol. The van der Waals surface area contributed by atoms with Crippen molar-refractivity contribution < 1.29 is 65.7 Å². The van der Waals surface area contributed by atoms with Gasteiger partial charge in [-0.3, -0.25) is 4.79 Å². The van der Waals surface area contributed by atoms with Crippen molar-refractivity contribution in [3.8, 4) is 0 Å². The normalized spacial score (nSPS) is 10.1. The number of para-hydroxylation sites is 1. The third-order valence-corrected chi connectivity index (χ3v) is 2.86. The molecule has 126 valence electrons. The summed E-state index contributed by atoms with van der Waals surface area (Å²) >= 11 is 0. The second-order valence-corrected chi connectivity index (χ2v) is 5.85. The van der Waals surface area contributed by atoms with Gasteiger partial charge in [-0.05, 0) is 20.8 Å². The van der Waals surface area contributed by atoms with Crippen LogP contribution >= 0.6 is 0 Å². The number of ether oxygens (including phenoxy) is 2. The molecule has 1 rings (SSSR count). The zero-order chi connectivity index (χ0) is 15.9. The number of anilines is 1. The maximum atomic E-state index is 12.0. The second kappa shape index (κ2) is 12.3. The summed E-state index contributed by atoms with van der Waals surface area (Å²) in [5, 5.41) is 3.34. The topological polar surface area (TPSA) is 47.6 Å². The van der Waals surface area contributed by atoms with Crippen LogP contribution in [0.3, 0.4) is 0 Å². The van der Waals surface area contributed by atoms with E-state index in [0.717, 1.165) is 16.8 Å². The maximum absolute atomic E-state index is 12.0. The smallest absolute Gasteiger partial charge is 0.460 e. The fraction of sp³-hybridized carbons (Fsp3) is 0.500. The number of hydrogen-bond donors (Lipinski definition) is 1. The Morgan fingerprint density at radius 1 is 1.30 bits per heavy atom. The van der Waals surface area contributed by atoms with Gasteiger partial charge in [0.25, 0.3) is 0 Å². The molecule has 0 aliphatic rings. The molecule has 1 N–H and O–H groups in total. The average Bonchev–Trinajstić information content (AvgIpc) is 2.38. The molecule has 4 nitrogen and oxygen atoms in total. The summed E-state index contributed by atoms with van der Waals surface area (Å²) < 4.78 is 10.5. The zero-order valence-corrected chi connectivity index (χ0v) is 18.8. The van der Waals surface area contributed by atoms with Crippen LogP contribution in [0.2, 0.25) is 0 Å². The quantitative estimate of drug-likeness (QED) is 0.341. The number of carbonyl (C=O) groups excluding carboxylic acids is 1. The molecule has 0 bridgehead atoms. The van der Waals surface area contributed by atoms with Crippen molar-refractivity contribution in [3.05, 3.63) is 43.2 Å². The van der Waals surface area contributed by atoms with Crippen LogP contribution in [0.1, 0.15) is 38.8 Å². The summed E-state index contributed by atoms with van der Waals surface area (Å²) in [4.78, 5) is 12.0. The molecule has 0 unspecified atom stereocenters. The van der Waals surface area contributed by atoms with Gasteiger partial charge >= 0.3 is 57.4 Å². The molecular formula is C18H29KNO3-. The van der Waals surface area contributed by atoms with Crippen LogP contribution in [-0.2, 0) is 20.7 Å². The Hall–Kier alpha value is -0.0436. The number of benzene rings is 1. The molecule has 0 saturated heterocycles. The molecule has 0 spiro atoms. The summed E-state index contributed by atoms with van der Waals surface area (Å²) in [5.41, 5.74) is 2.53. The summed E-state index contributed by atoms with van der Waals surface area (Å²) in [6.45, 7) is 8.91. The number of rotatable bonds is 7. The molecule has 23 heavy (non-hydrogen) atoms. The molecule has 5 heteroatoms. The minimum atomic E-state index is -0.463. The summed E-state index contributed by atoms with van der Waals surface area (Å²) in [5.74, 6) is -0.217. The van der Waals surface area contributed by atoms with Crippen LogP contribution in [-0.4, -0.2) is 31.8 Å². The first-order chi connectivity index (χ1) is 9.87. The van der Waals surface area contributed by atoms with Crippen molar-refractivity contribution in [2.45, 2.75) is 39.7 Å². The monoisotopic (exact) mass is 346 g/mol. The molecule has 0 atom stereocenters. The minimum Gasteiger partial charge on any atom is -0.460 e. The maximum Gasteiger partial charge on any atom is 1.00 e. The summed E-state index contributed by atoms with van der Waals surface area (Å²) in [6.07, 6.45) is 2.28. The van der Waals surface area contributed by atoms with Crippen LogP contribution in [0.25, 0.3) is 0 Å². The molecule has 0 aliphatic carbocycles. The Bertz CT molecular complexity index is 470. The predicted octanol–water partition coefficient (Wildman–Crippen LogP) is 0.656. The van der Waals surface area contributed by atoms with Gasteiger partial charge in [0.1, 0.15) is 5.60 Å². The van der Waals surface area contributed by atoms with Crippen LogP contribution in [0.4, 0.5) is 5.69 Å². The number of methoxy groups -OCH3 is 1. The van der Waals surface area contributed by atoms with E-state index in [1.165, 1.54) is 0 Å². The van der Waals surface area contributed by atoms with Crippen molar-refractivity contribution in [1.29, 1.82) is 0 Å². The molecular weight excluding hydrogens is 317 g/mol. The Kier molecular flexibility index (Phi) is 13.5. The number of nitrogens with one attached hydrogen (secondary N) is 1. The van der Waals surface area contributed by atoms with Crippen molar-refractivity contribution in [3.63, 3.8) is 0 Å². The summed E-state index contributed by atoms with van der Waals surface area (Å²) in [6, 6.07) is 5.93. The molecule has 0 heterocycles. The van der Waals surface area contributed by atoms with Gasteiger partial charge in [-0.15, -0.1) is 6.07 Å². The van der Waals surface area contributed by atoms with Gasteiger partial charge in [-0.1, -0.05) is 24.2 Å². The van der Waals surface area contributed by atoms with Crippen LogP contribution in [0.5, 0.6) is 0 Å². The molecule has 0 saturated carbocycles. The Labute approximate surface area is 184 Å². The van der Waals surface area contributed by atoms with E-state index >= 15 is 0 Å². The number of carbonyl (C=O) groups is 1. The molecule has 1 aromatic carbocycles. The van der Waals surface area contributed by atoms with E-state index in [2.05, 4.69) is 5.32 Å². The predicted molar refractivity (Wildman–Crippen MR) is 91.8 cm³/mol. The van der Waals surface area contributed by atoms with Crippen molar-refractivity contribution >= 4 is 11.7 Å². The molecule has 0 radical (unpaired) electrons. The Morgan fingerprint density at radius 2 is 1.96 bits per heavy atom. The Balaban J connectivity index is 0. The van der Waals surface area contributed by atoms with Gasteiger partial charge < -0.3 is 22.2 Å². The van der Waals surface area contributed by atoms with Crippen molar-refractivity contribution in [1.82, 2.24) is 0 Å². The standard InChI is InChI=1S/C17H26NO3.CH3.K/c1-6-13-8-7-9-14(16(13)18-10-11-20-5)12-15(19)21-17(2,3)4;;/h6-9,18H,10-12H2,1-5H3;1H3;/q2*-1;+1. The van der Waals surface area contributed by atoms with E-state index in [-0.39, 0.29) is 71.2 Å². The van der Waals surface area contributed by atoms with Gasteiger partial charge in [0, 0.05) is 13.7 Å². The van der Waals surface area contributed by atoms with E-state index < -0.39 is 5.60 Å². The summed E-state index contributed by atoms with van der Waals surface area (Å²) in [7, 11) is 1.67. The van der Waals surface area contributed by atoms with Crippen molar-refractivity contribution in [2.24, 2.45) is 0 Å². The van der Waals surface area contributed by atoms with E-state index in [0.29, 0.717) is 13.2 Å².